The summed E-state index contributed by atoms with van der Waals surface area (Å²) >= 11 is 0. The normalized spacial score (nSPS) is 37.6. The maximum absolute atomic E-state index is 10.0. The third kappa shape index (κ3) is 6.48. The molecule has 3 aliphatic rings. The first kappa shape index (κ1) is 23.2. The van der Waals surface area contributed by atoms with Crippen LogP contribution in [-0.2, 0) is 0 Å². The van der Waals surface area contributed by atoms with Gasteiger partial charge in [0.05, 0.1) is 11.5 Å². The molecule has 0 unspecified atom stereocenters. The van der Waals surface area contributed by atoms with Crippen LogP contribution in [0.3, 0.4) is 0 Å². The summed E-state index contributed by atoms with van der Waals surface area (Å²) in [6.07, 6.45) is 26.5. The van der Waals surface area contributed by atoms with Crippen molar-refractivity contribution in [3.63, 3.8) is 0 Å². The lowest BCUT2D eigenvalue weighted by Crippen LogP contribution is -2.38. The molecule has 166 valence electrons. The number of fused-ring (bicyclic) bond motifs is 1. The highest BCUT2D eigenvalue weighted by Gasteiger charge is 2.44. The van der Waals surface area contributed by atoms with Gasteiger partial charge in [-0.25, -0.2) is 0 Å². The molecule has 4 atom stereocenters. The summed E-state index contributed by atoms with van der Waals surface area (Å²) in [4.78, 5) is 0. The molecule has 0 amide bonds. The van der Waals surface area contributed by atoms with Crippen LogP contribution in [-0.4, -0.2) is 0 Å². The SMILES string of the molecule is CCCCCCC[C@]1(C#N)CC[C@@H]2C[C@@H](C3CCC(CCCC)CC3)CC[C@@H]2C1. The van der Waals surface area contributed by atoms with Crippen molar-refractivity contribution in [1.82, 2.24) is 0 Å². The smallest absolute Gasteiger partial charge is 0.0689 e. The number of hydrogen-bond acceptors (Lipinski definition) is 1. The van der Waals surface area contributed by atoms with Crippen molar-refractivity contribution in [3.05, 3.63) is 0 Å². The Hall–Kier alpha value is -0.510. The second-order valence-electron chi connectivity index (χ2n) is 11.3. The van der Waals surface area contributed by atoms with E-state index in [0.717, 1.165) is 29.6 Å². The summed E-state index contributed by atoms with van der Waals surface area (Å²) in [6.45, 7) is 4.62. The molecule has 0 heterocycles. The number of nitriles is 1. The summed E-state index contributed by atoms with van der Waals surface area (Å²) in [5, 5.41) is 10.0. The summed E-state index contributed by atoms with van der Waals surface area (Å²) in [5.74, 6) is 4.93. The Kier molecular flexibility index (Phi) is 9.40. The van der Waals surface area contributed by atoms with Crippen LogP contribution in [0.5, 0.6) is 0 Å². The fourth-order valence-electron chi connectivity index (χ4n) is 7.37. The van der Waals surface area contributed by atoms with E-state index in [4.69, 9.17) is 0 Å². The molecule has 0 radical (unpaired) electrons. The molecule has 0 aliphatic heterocycles. The maximum Gasteiger partial charge on any atom is 0.0689 e. The molecule has 29 heavy (non-hydrogen) atoms. The Morgan fingerprint density at radius 3 is 2.10 bits per heavy atom. The first-order chi connectivity index (χ1) is 14.2. The maximum atomic E-state index is 10.0. The van der Waals surface area contributed by atoms with Crippen molar-refractivity contribution in [2.75, 3.05) is 0 Å². The van der Waals surface area contributed by atoms with E-state index in [1.165, 1.54) is 122 Å². The Balaban J connectivity index is 1.42. The number of rotatable bonds is 10. The molecule has 3 fully saturated rings. The van der Waals surface area contributed by atoms with Gasteiger partial charge in [0.1, 0.15) is 0 Å². The average Bonchev–Trinajstić information content (AvgIpc) is 2.77. The molecule has 3 aliphatic carbocycles. The fourth-order valence-corrected chi connectivity index (χ4v) is 7.37. The van der Waals surface area contributed by atoms with Gasteiger partial charge in [0, 0.05) is 0 Å². The van der Waals surface area contributed by atoms with Gasteiger partial charge in [-0.2, -0.15) is 5.26 Å². The highest BCUT2D eigenvalue weighted by Crippen LogP contribution is 2.53. The van der Waals surface area contributed by atoms with Crippen LogP contribution in [0.2, 0.25) is 0 Å². The molecule has 1 heteroatoms. The van der Waals surface area contributed by atoms with Gasteiger partial charge in [-0.05, 0) is 87.4 Å². The largest absolute Gasteiger partial charge is 0.198 e. The van der Waals surface area contributed by atoms with E-state index in [-0.39, 0.29) is 5.41 Å². The third-order valence-electron chi connectivity index (χ3n) is 9.35. The zero-order valence-electron chi connectivity index (χ0n) is 19.8. The standard InChI is InChI=1S/C28H49N/c1-3-5-7-8-9-18-28(22-29)19-17-26-20-25(15-16-27(26)21-28)24-13-11-23(12-14-24)10-6-4-2/h23-27H,3-21H2,1-2H3/t23?,24?,25-,26+,27+,28-/m0/s1. The van der Waals surface area contributed by atoms with Crippen molar-refractivity contribution < 1.29 is 0 Å². The van der Waals surface area contributed by atoms with Crippen LogP contribution in [0.15, 0.2) is 0 Å². The molecule has 3 saturated carbocycles. The lowest BCUT2D eigenvalue weighted by Gasteiger charge is -2.47. The van der Waals surface area contributed by atoms with Crippen LogP contribution in [0, 0.1) is 46.3 Å². The first-order valence-corrected chi connectivity index (χ1v) is 13.6. The lowest BCUT2D eigenvalue weighted by molar-refractivity contribution is 0.0377. The minimum atomic E-state index is 0.0392. The summed E-state index contributed by atoms with van der Waals surface area (Å²) in [5.41, 5.74) is 0.0392. The Morgan fingerprint density at radius 2 is 1.38 bits per heavy atom. The number of unbranched alkanes of at least 4 members (excludes halogenated alkanes) is 5. The van der Waals surface area contributed by atoms with Crippen molar-refractivity contribution in [3.8, 4) is 6.07 Å². The minimum Gasteiger partial charge on any atom is -0.198 e. The fraction of sp³-hybridized carbons (Fsp3) is 0.964. The monoisotopic (exact) mass is 399 g/mol. The summed E-state index contributed by atoms with van der Waals surface area (Å²) in [7, 11) is 0. The highest BCUT2D eigenvalue weighted by molar-refractivity contribution is 5.04. The van der Waals surface area contributed by atoms with Crippen LogP contribution < -0.4 is 0 Å². The third-order valence-corrected chi connectivity index (χ3v) is 9.35. The summed E-state index contributed by atoms with van der Waals surface area (Å²) in [6, 6.07) is 2.84. The van der Waals surface area contributed by atoms with Crippen molar-refractivity contribution in [2.45, 2.75) is 136 Å². The molecule has 0 aromatic carbocycles. The van der Waals surface area contributed by atoms with E-state index in [1.54, 1.807) is 0 Å². The Bertz CT molecular complexity index is 497. The zero-order chi connectivity index (χ0) is 20.5. The van der Waals surface area contributed by atoms with Crippen LogP contribution in [0.25, 0.3) is 0 Å². The average molecular weight is 400 g/mol. The molecular weight excluding hydrogens is 350 g/mol. The van der Waals surface area contributed by atoms with E-state index in [0.29, 0.717) is 0 Å². The van der Waals surface area contributed by atoms with Crippen LogP contribution in [0.1, 0.15) is 136 Å². The van der Waals surface area contributed by atoms with Gasteiger partial charge in [-0.15, -0.1) is 0 Å². The quantitative estimate of drug-likeness (QED) is 0.336. The van der Waals surface area contributed by atoms with Crippen molar-refractivity contribution >= 4 is 0 Å². The molecule has 0 bridgehead atoms. The van der Waals surface area contributed by atoms with E-state index in [9.17, 15) is 5.26 Å². The van der Waals surface area contributed by atoms with E-state index < -0.39 is 0 Å². The van der Waals surface area contributed by atoms with E-state index >= 15 is 0 Å². The first-order valence-electron chi connectivity index (χ1n) is 13.6. The van der Waals surface area contributed by atoms with Gasteiger partial charge in [0.25, 0.3) is 0 Å². The summed E-state index contributed by atoms with van der Waals surface area (Å²) < 4.78 is 0. The molecular formula is C28H49N. The lowest BCUT2D eigenvalue weighted by atomic mass is 9.57. The van der Waals surface area contributed by atoms with Gasteiger partial charge in [-0.1, -0.05) is 78.1 Å². The van der Waals surface area contributed by atoms with Crippen LogP contribution >= 0.6 is 0 Å². The molecule has 0 saturated heterocycles. The van der Waals surface area contributed by atoms with E-state index in [2.05, 4.69) is 19.9 Å². The Labute approximate surface area is 182 Å². The molecule has 3 rings (SSSR count). The second-order valence-corrected chi connectivity index (χ2v) is 11.3. The highest BCUT2D eigenvalue weighted by atomic mass is 14.5. The molecule has 0 aromatic heterocycles. The molecule has 0 N–H and O–H groups in total. The predicted molar refractivity (Wildman–Crippen MR) is 125 cm³/mol. The molecule has 0 aromatic rings. The predicted octanol–water partition coefficient (Wildman–Crippen LogP) is 9.07. The Morgan fingerprint density at radius 1 is 0.724 bits per heavy atom. The van der Waals surface area contributed by atoms with Crippen molar-refractivity contribution in [1.29, 1.82) is 5.26 Å². The zero-order valence-corrected chi connectivity index (χ0v) is 19.8. The van der Waals surface area contributed by atoms with Gasteiger partial charge in [-0.3, -0.25) is 0 Å². The van der Waals surface area contributed by atoms with Gasteiger partial charge in [0.15, 0.2) is 0 Å². The molecule has 1 nitrogen and oxygen atoms in total. The van der Waals surface area contributed by atoms with Gasteiger partial charge in [0.2, 0.25) is 0 Å². The minimum absolute atomic E-state index is 0.0392. The number of hydrogen-bond donors (Lipinski definition) is 0. The number of nitrogens with zero attached hydrogens (tertiary/aromatic N) is 1. The second kappa shape index (κ2) is 11.8. The molecule has 0 spiro atoms. The topological polar surface area (TPSA) is 23.8 Å². The van der Waals surface area contributed by atoms with Gasteiger partial charge >= 0.3 is 0 Å². The van der Waals surface area contributed by atoms with E-state index in [1.807, 2.05) is 0 Å². The van der Waals surface area contributed by atoms with Gasteiger partial charge < -0.3 is 0 Å². The van der Waals surface area contributed by atoms with Crippen molar-refractivity contribution in [2.24, 2.45) is 35.0 Å². The van der Waals surface area contributed by atoms with Crippen LogP contribution in [0.4, 0.5) is 0 Å².